The number of hydrogen-bond acceptors (Lipinski definition) is 4. The molecule has 3 N–H and O–H groups in total. The van der Waals surface area contributed by atoms with Crippen LogP contribution < -0.4 is 20.7 Å². The molecule has 2 rings (SSSR count). The molecule has 21 heavy (non-hydrogen) atoms. The van der Waals surface area contributed by atoms with Gasteiger partial charge in [-0.05, 0) is 42.5 Å². The molecule has 0 spiro atoms. The van der Waals surface area contributed by atoms with Crippen LogP contribution in [0.5, 0.6) is 5.75 Å². The van der Waals surface area contributed by atoms with Crippen LogP contribution in [0.4, 0.5) is 17.1 Å². The van der Waals surface area contributed by atoms with Crippen LogP contribution in [0.25, 0.3) is 0 Å². The quantitative estimate of drug-likeness (QED) is 0.847. The Hall–Kier alpha value is -2.69. The van der Waals surface area contributed by atoms with Gasteiger partial charge in [0.05, 0.1) is 12.8 Å². The first-order chi connectivity index (χ1) is 10.0. The lowest BCUT2D eigenvalue weighted by Gasteiger charge is -2.13. The lowest BCUT2D eigenvalue weighted by molar-refractivity contribution is 0.102. The third-order valence-electron chi connectivity index (χ3n) is 3.14. The molecule has 0 radical (unpaired) electrons. The summed E-state index contributed by atoms with van der Waals surface area (Å²) in [7, 11) is 5.45. The summed E-state index contributed by atoms with van der Waals surface area (Å²) >= 11 is 0. The van der Waals surface area contributed by atoms with Crippen molar-refractivity contribution in [3.63, 3.8) is 0 Å². The smallest absolute Gasteiger partial charge is 0.255 e. The van der Waals surface area contributed by atoms with Crippen molar-refractivity contribution >= 4 is 23.0 Å². The average Bonchev–Trinajstić information content (AvgIpc) is 2.48. The molecule has 0 saturated heterocycles. The van der Waals surface area contributed by atoms with Gasteiger partial charge < -0.3 is 20.7 Å². The number of carbonyl (C=O) groups is 1. The summed E-state index contributed by atoms with van der Waals surface area (Å²) in [6.07, 6.45) is 0. The van der Waals surface area contributed by atoms with Gasteiger partial charge in [-0.3, -0.25) is 4.79 Å². The molecule has 5 nitrogen and oxygen atoms in total. The van der Waals surface area contributed by atoms with Crippen molar-refractivity contribution in [1.82, 2.24) is 0 Å². The zero-order chi connectivity index (χ0) is 15.4. The number of nitrogens with two attached hydrogens (primary N) is 1. The first kappa shape index (κ1) is 14.7. The summed E-state index contributed by atoms with van der Waals surface area (Å²) in [6.45, 7) is 0. The van der Waals surface area contributed by atoms with E-state index in [1.165, 1.54) is 7.11 Å². The molecule has 0 fully saturated rings. The molecule has 0 aromatic heterocycles. The maximum atomic E-state index is 12.2. The van der Waals surface area contributed by atoms with Gasteiger partial charge >= 0.3 is 0 Å². The van der Waals surface area contributed by atoms with E-state index < -0.39 is 0 Å². The zero-order valence-corrected chi connectivity index (χ0v) is 12.4. The summed E-state index contributed by atoms with van der Waals surface area (Å²) in [5.74, 6) is 0.288. The second-order valence-electron chi connectivity index (χ2n) is 4.85. The molecule has 110 valence electrons. The van der Waals surface area contributed by atoms with Crippen molar-refractivity contribution in [2.24, 2.45) is 0 Å². The van der Waals surface area contributed by atoms with E-state index in [-0.39, 0.29) is 5.91 Å². The highest BCUT2D eigenvalue weighted by Crippen LogP contribution is 2.23. The lowest BCUT2D eigenvalue weighted by Crippen LogP contribution is -2.13. The number of hydrogen-bond donors (Lipinski definition) is 2. The minimum Gasteiger partial charge on any atom is -0.495 e. The zero-order valence-electron chi connectivity index (χ0n) is 12.4. The summed E-state index contributed by atoms with van der Waals surface area (Å²) in [4.78, 5) is 14.2. The van der Waals surface area contributed by atoms with Gasteiger partial charge in [0, 0.05) is 31.0 Å². The molecule has 0 unspecified atom stereocenters. The van der Waals surface area contributed by atoms with Gasteiger partial charge in [0.2, 0.25) is 0 Å². The molecule has 0 bridgehead atoms. The van der Waals surface area contributed by atoms with Crippen LogP contribution in [0.3, 0.4) is 0 Å². The highest BCUT2D eigenvalue weighted by molar-refractivity contribution is 6.04. The maximum Gasteiger partial charge on any atom is 0.255 e. The standard InChI is InChI=1S/C16H19N3O2/c1-19(2)13-7-5-12(6-8-13)18-16(20)11-4-9-14(17)15(10-11)21-3/h4-10H,17H2,1-3H3,(H,18,20). The highest BCUT2D eigenvalue weighted by atomic mass is 16.5. The van der Waals surface area contributed by atoms with E-state index in [0.29, 0.717) is 17.0 Å². The van der Waals surface area contributed by atoms with Crippen LogP contribution in [0.1, 0.15) is 10.4 Å². The fourth-order valence-electron chi connectivity index (χ4n) is 1.90. The Morgan fingerprint density at radius 2 is 1.81 bits per heavy atom. The fourth-order valence-corrected chi connectivity index (χ4v) is 1.90. The molecular formula is C16H19N3O2. The molecule has 0 atom stereocenters. The largest absolute Gasteiger partial charge is 0.495 e. The van der Waals surface area contributed by atoms with Gasteiger partial charge in [0.25, 0.3) is 5.91 Å². The van der Waals surface area contributed by atoms with E-state index in [1.54, 1.807) is 18.2 Å². The molecular weight excluding hydrogens is 266 g/mol. The van der Waals surface area contributed by atoms with Crippen molar-refractivity contribution in [3.05, 3.63) is 48.0 Å². The number of nitrogen functional groups attached to an aromatic ring is 1. The van der Waals surface area contributed by atoms with E-state index in [0.717, 1.165) is 11.4 Å². The van der Waals surface area contributed by atoms with Crippen molar-refractivity contribution in [2.75, 3.05) is 37.2 Å². The third-order valence-corrected chi connectivity index (χ3v) is 3.14. The number of anilines is 3. The van der Waals surface area contributed by atoms with Crippen molar-refractivity contribution in [3.8, 4) is 5.75 Å². The van der Waals surface area contributed by atoms with Crippen LogP contribution in [-0.4, -0.2) is 27.1 Å². The van der Waals surface area contributed by atoms with E-state index in [9.17, 15) is 4.79 Å². The number of rotatable bonds is 4. The Bertz CT molecular complexity index is 636. The Balaban J connectivity index is 2.14. The summed E-state index contributed by atoms with van der Waals surface area (Å²) in [5.41, 5.74) is 8.55. The molecule has 1 amide bonds. The average molecular weight is 285 g/mol. The van der Waals surface area contributed by atoms with Gasteiger partial charge in [0.1, 0.15) is 5.75 Å². The van der Waals surface area contributed by atoms with E-state index in [4.69, 9.17) is 10.5 Å². The van der Waals surface area contributed by atoms with Crippen molar-refractivity contribution in [1.29, 1.82) is 0 Å². The second-order valence-corrected chi connectivity index (χ2v) is 4.85. The number of carbonyl (C=O) groups excluding carboxylic acids is 1. The molecule has 2 aromatic carbocycles. The van der Waals surface area contributed by atoms with Crippen LogP contribution in [-0.2, 0) is 0 Å². The van der Waals surface area contributed by atoms with Crippen LogP contribution in [0.2, 0.25) is 0 Å². The van der Waals surface area contributed by atoms with Gasteiger partial charge in [-0.2, -0.15) is 0 Å². The summed E-state index contributed by atoms with van der Waals surface area (Å²) in [6, 6.07) is 12.6. The van der Waals surface area contributed by atoms with Crippen LogP contribution in [0.15, 0.2) is 42.5 Å². The number of methoxy groups -OCH3 is 1. The third kappa shape index (κ3) is 3.45. The van der Waals surface area contributed by atoms with Gasteiger partial charge in [0.15, 0.2) is 0 Å². The van der Waals surface area contributed by atoms with Gasteiger partial charge in [-0.25, -0.2) is 0 Å². The predicted molar refractivity (Wildman–Crippen MR) is 86.1 cm³/mol. The Kier molecular flexibility index (Phi) is 4.33. The molecule has 0 aliphatic carbocycles. The monoisotopic (exact) mass is 285 g/mol. The number of benzene rings is 2. The van der Waals surface area contributed by atoms with Gasteiger partial charge in [-0.15, -0.1) is 0 Å². The molecule has 0 aliphatic heterocycles. The number of ether oxygens (including phenoxy) is 1. The van der Waals surface area contributed by atoms with Gasteiger partial charge in [-0.1, -0.05) is 0 Å². The topological polar surface area (TPSA) is 67.6 Å². The number of nitrogens with zero attached hydrogens (tertiary/aromatic N) is 1. The predicted octanol–water partition coefficient (Wildman–Crippen LogP) is 2.60. The fraction of sp³-hybridized carbons (Fsp3) is 0.188. The van der Waals surface area contributed by atoms with Crippen molar-refractivity contribution in [2.45, 2.75) is 0 Å². The molecule has 0 aliphatic rings. The molecule has 0 saturated carbocycles. The number of nitrogens with one attached hydrogen (secondary N) is 1. The van der Waals surface area contributed by atoms with Crippen molar-refractivity contribution < 1.29 is 9.53 Å². The van der Waals surface area contributed by atoms with Crippen LogP contribution in [0, 0.1) is 0 Å². The normalized spacial score (nSPS) is 10.0. The Morgan fingerprint density at radius 1 is 1.14 bits per heavy atom. The van der Waals surface area contributed by atoms with E-state index >= 15 is 0 Å². The Labute approximate surface area is 124 Å². The Morgan fingerprint density at radius 3 is 2.38 bits per heavy atom. The molecule has 5 heteroatoms. The van der Waals surface area contributed by atoms with Crippen LogP contribution >= 0.6 is 0 Å². The van der Waals surface area contributed by atoms with E-state index in [2.05, 4.69) is 5.32 Å². The lowest BCUT2D eigenvalue weighted by atomic mass is 10.1. The minimum atomic E-state index is -0.203. The highest BCUT2D eigenvalue weighted by Gasteiger charge is 2.09. The summed E-state index contributed by atoms with van der Waals surface area (Å²) in [5, 5.41) is 2.84. The molecule has 2 aromatic rings. The first-order valence-electron chi connectivity index (χ1n) is 6.53. The second kappa shape index (κ2) is 6.17. The minimum absolute atomic E-state index is 0.203. The first-order valence-corrected chi connectivity index (χ1v) is 6.53. The summed E-state index contributed by atoms with van der Waals surface area (Å²) < 4.78 is 5.12. The SMILES string of the molecule is COc1cc(C(=O)Nc2ccc(N(C)C)cc2)ccc1N. The maximum absolute atomic E-state index is 12.2. The number of amides is 1. The van der Waals surface area contributed by atoms with E-state index in [1.807, 2.05) is 43.3 Å². The molecule has 0 heterocycles.